The maximum Gasteiger partial charge on any atom is 0.303 e. The van der Waals surface area contributed by atoms with Crippen molar-refractivity contribution in [3.05, 3.63) is 16.1 Å². The van der Waals surface area contributed by atoms with Crippen LogP contribution >= 0.6 is 23.1 Å². The number of carboxylic acid groups (broad SMARTS) is 1. The molecule has 0 radical (unpaired) electrons. The highest BCUT2D eigenvalue weighted by Gasteiger charge is 2.26. The van der Waals surface area contributed by atoms with Crippen molar-refractivity contribution < 1.29 is 14.7 Å². The number of amides is 1. The van der Waals surface area contributed by atoms with Crippen LogP contribution in [0.1, 0.15) is 30.0 Å². The van der Waals surface area contributed by atoms with Crippen LogP contribution in [0.3, 0.4) is 0 Å². The molecule has 1 aliphatic heterocycles. The van der Waals surface area contributed by atoms with Crippen LogP contribution in [-0.2, 0) is 15.3 Å². The molecule has 1 saturated heterocycles. The average Bonchev–Trinajstić information content (AvgIpc) is 3.05. The normalized spacial score (nSPS) is 18.1. The Labute approximate surface area is 132 Å². The van der Waals surface area contributed by atoms with Crippen molar-refractivity contribution in [3.63, 3.8) is 0 Å². The van der Waals surface area contributed by atoms with Crippen LogP contribution in [0.2, 0.25) is 0 Å². The Morgan fingerprint density at radius 1 is 1.57 bits per heavy atom. The second-order valence-corrected chi connectivity index (χ2v) is 7.33. The van der Waals surface area contributed by atoms with Gasteiger partial charge in [0.05, 0.1) is 16.5 Å². The van der Waals surface area contributed by atoms with Crippen molar-refractivity contribution in [3.8, 4) is 0 Å². The highest BCUT2D eigenvalue weighted by molar-refractivity contribution is 7.99. The smallest absolute Gasteiger partial charge is 0.303 e. The van der Waals surface area contributed by atoms with Gasteiger partial charge < -0.3 is 10.0 Å². The van der Waals surface area contributed by atoms with Gasteiger partial charge in [-0.05, 0) is 25.7 Å². The highest BCUT2D eigenvalue weighted by atomic mass is 32.2. The standard InChI is InChI=1S/C14H20N2O3S2/c1-10-15-12(8-21-10)7-20-9-13(17)16-5-4-11(6-16)2-3-14(18)19/h8,11H,2-7,9H2,1H3,(H,18,19). The van der Waals surface area contributed by atoms with Crippen LogP contribution in [0.25, 0.3) is 0 Å². The van der Waals surface area contributed by atoms with Crippen LogP contribution in [0.15, 0.2) is 5.38 Å². The summed E-state index contributed by atoms with van der Waals surface area (Å²) in [5.74, 6) is 0.990. The Balaban J connectivity index is 1.66. The summed E-state index contributed by atoms with van der Waals surface area (Å²) in [5.41, 5.74) is 1.04. The van der Waals surface area contributed by atoms with Gasteiger partial charge in [-0.25, -0.2) is 4.98 Å². The SMILES string of the molecule is Cc1nc(CSCC(=O)N2CCC(CCC(=O)O)C2)cs1. The third kappa shape index (κ3) is 5.32. The van der Waals surface area contributed by atoms with Gasteiger partial charge in [0.2, 0.25) is 5.91 Å². The molecule has 116 valence electrons. The summed E-state index contributed by atoms with van der Waals surface area (Å²) in [4.78, 5) is 28.9. The van der Waals surface area contributed by atoms with E-state index in [1.807, 2.05) is 17.2 Å². The molecule has 2 rings (SSSR count). The second-order valence-electron chi connectivity index (χ2n) is 5.28. The number of aryl methyl sites for hydroxylation is 1. The summed E-state index contributed by atoms with van der Waals surface area (Å²) < 4.78 is 0. The van der Waals surface area contributed by atoms with Crippen molar-refractivity contribution in [2.75, 3.05) is 18.8 Å². The number of carbonyl (C=O) groups excluding carboxylic acids is 1. The van der Waals surface area contributed by atoms with E-state index in [0.29, 0.717) is 24.6 Å². The molecule has 0 aliphatic carbocycles. The number of carboxylic acids is 1. The Hall–Kier alpha value is -1.08. The Morgan fingerprint density at radius 3 is 3.05 bits per heavy atom. The minimum absolute atomic E-state index is 0.157. The van der Waals surface area contributed by atoms with Crippen molar-refractivity contribution in [1.29, 1.82) is 0 Å². The fourth-order valence-electron chi connectivity index (χ4n) is 2.43. The van der Waals surface area contributed by atoms with Gasteiger partial charge in [-0.1, -0.05) is 0 Å². The maximum absolute atomic E-state index is 12.1. The number of carbonyl (C=O) groups is 2. The number of hydrogen-bond donors (Lipinski definition) is 1. The Kier molecular flexibility index (Phi) is 6.05. The third-order valence-corrected chi connectivity index (χ3v) is 5.32. The topological polar surface area (TPSA) is 70.5 Å². The van der Waals surface area contributed by atoms with Gasteiger partial charge in [0.1, 0.15) is 0 Å². The van der Waals surface area contributed by atoms with E-state index in [-0.39, 0.29) is 12.3 Å². The maximum atomic E-state index is 12.1. The fraction of sp³-hybridized carbons (Fsp3) is 0.643. The zero-order valence-corrected chi connectivity index (χ0v) is 13.7. The van der Waals surface area contributed by atoms with Crippen molar-refractivity contribution in [2.45, 2.75) is 31.9 Å². The lowest BCUT2D eigenvalue weighted by Crippen LogP contribution is -2.30. The van der Waals surface area contributed by atoms with Crippen LogP contribution in [0.5, 0.6) is 0 Å². The van der Waals surface area contributed by atoms with E-state index in [9.17, 15) is 9.59 Å². The van der Waals surface area contributed by atoms with Crippen molar-refractivity contribution >= 4 is 35.0 Å². The average molecular weight is 328 g/mol. The number of aromatic nitrogens is 1. The lowest BCUT2D eigenvalue weighted by atomic mass is 10.0. The van der Waals surface area contributed by atoms with Gasteiger partial charge >= 0.3 is 5.97 Å². The van der Waals surface area contributed by atoms with E-state index in [1.54, 1.807) is 23.1 Å². The number of thiazole rings is 1. The molecule has 1 amide bonds. The van der Waals surface area contributed by atoms with Gasteiger partial charge in [0.15, 0.2) is 0 Å². The zero-order valence-electron chi connectivity index (χ0n) is 12.1. The first-order chi connectivity index (χ1) is 10.0. The lowest BCUT2D eigenvalue weighted by Gasteiger charge is -2.16. The van der Waals surface area contributed by atoms with E-state index >= 15 is 0 Å². The third-order valence-electron chi connectivity index (χ3n) is 3.55. The van der Waals surface area contributed by atoms with Crippen LogP contribution < -0.4 is 0 Å². The Bertz CT molecular complexity index is 504. The molecule has 1 N–H and O–H groups in total. The summed E-state index contributed by atoms with van der Waals surface area (Å²) in [6.45, 7) is 3.45. The van der Waals surface area contributed by atoms with Gasteiger partial charge in [-0.15, -0.1) is 23.1 Å². The second kappa shape index (κ2) is 7.79. The summed E-state index contributed by atoms with van der Waals surface area (Å²) in [6.07, 6.45) is 1.80. The van der Waals surface area contributed by atoms with Crippen LogP contribution in [0.4, 0.5) is 0 Å². The molecular formula is C14H20N2O3S2. The number of rotatable bonds is 7. The van der Waals surface area contributed by atoms with E-state index < -0.39 is 5.97 Å². The quantitative estimate of drug-likeness (QED) is 0.832. The summed E-state index contributed by atoms with van der Waals surface area (Å²) in [7, 11) is 0. The molecule has 0 aromatic carbocycles. The van der Waals surface area contributed by atoms with E-state index in [2.05, 4.69) is 4.98 Å². The molecule has 1 aromatic rings. The molecule has 21 heavy (non-hydrogen) atoms. The van der Waals surface area contributed by atoms with Crippen molar-refractivity contribution in [1.82, 2.24) is 9.88 Å². The zero-order chi connectivity index (χ0) is 15.2. The fourth-order valence-corrected chi connectivity index (χ4v) is 3.97. The molecule has 1 atom stereocenters. The van der Waals surface area contributed by atoms with E-state index in [0.717, 1.165) is 29.4 Å². The van der Waals surface area contributed by atoms with Crippen LogP contribution in [0, 0.1) is 12.8 Å². The van der Waals surface area contributed by atoms with Gasteiger partial charge in [0, 0.05) is 30.6 Å². The molecule has 2 heterocycles. The minimum Gasteiger partial charge on any atom is -0.481 e. The summed E-state index contributed by atoms with van der Waals surface area (Å²) >= 11 is 3.22. The summed E-state index contributed by atoms with van der Waals surface area (Å²) in [5, 5.41) is 11.8. The molecular weight excluding hydrogens is 308 g/mol. The molecule has 0 spiro atoms. The molecule has 5 nitrogen and oxygen atoms in total. The first-order valence-corrected chi connectivity index (χ1v) is 9.06. The van der Waals surface area contributed by atoms with E-state index in [4.69, 9.17) is 5.11 Å². The number of aliphatic carboxylic acids is 1. The molecule has 1 aliphatic rings. The van der Waals surface area contributed by atoms with E-state index in [1.165, 1.54) is 0 Å². The van der Waals surface area contributed by atoms with Crippen molar-refractivity contribution in [2.24, 2.45) is 5.92 Å². The number of likely N-dealkylation sites (tertiary alicyclic amines) is 1. The molecule has 0 saturated carbocycles. The van der Waals surface area contributed by atoms with Gasteiger partial charge in [0.25, 0.3) is 0 Å². The molecule has 1 aromatic heterocycles. The number of nitrogens with zero attached hydrogens (tertiary/aromatic N) is 2. The summed E-state index contributed by atoms with van der Waals surface area (Å²) in [6, 6.07) is 0. The minimum atomic E-state index is -0.756. The van der Waals surface area contributed by atoms with Gasteiger partial charge in [-0.3, -0.25) is 9.59 Å². The Morgan fingerprint density at radius 2 is 2.38 bits per heavy atom. The number of thioether (sulfide) groups is 1. The largest absolute Gasteiger partial charge is 0.481 e. The highest BCUT2D eigenvalue weighted by Crippen LogP contribution is 2.22. The molecule has 1 fully saturated rings. The monoisotopic (exact) mass is 328 g/mol. The predicted octanol–water partition coefficient (Wildman–Crippen LogP) is 2.40. The number of hydrogen-bond acceptors (Lipinski definition) is 5. The molecule has 1 unspecified atom stereocenters. The first kappa shape index (κ1) is 16.3. The molecule has 7 heteroatoms. The predicted molar refractivity (Wildman–Crippen MR) is 84.6 cm³/mol. The van der Waals surface area contributed by atoms with Gasteiger partial charge in [-0.2, -0.15) is 0 Å². The lowest BCUT2D eigenvalue weighted by molar-refractivity contribution is -0.137. The first-order valence-electron chi connectivity index (χ1n) is 7.03. The molecule has 0 bridgehead atoms. The van der Waals surface area contributed by atoms with Crippen LogP contribution in [-0.4, -0.2) is 45.7 Å².